The first-order valence-electron chi connectivity index (χ1n) is 6.88. The zero-order valence-electron chi connectivity index (χ0n) is 10.7. The van der Waals surface area contributed by atoms with E-state index < -0.39 is 0 Å². The maximum absolute atomic E-state index is 9.34. The van der Waals surface area contributed by atoms with Crippen molar-refractivity contribution in [1.29, 1.82) is 0 Å². The van der Waals surface area contributed by atoms with Crippen LogP contribution in [0, 0.1) is 5.92 Å². The minimum absolute atomic E-state index is 0.00642. The van der Waals surface area contributed by atoms with E-state index in [1.807, 2.05) is 6.07 Å². The Labute approximate surface area is 108 Å². The van der Waals surface area contributed by atoms with Crippen molar-refractivity contribution in [2.24, 2.45) is 5.92 Å². The van der Waals surface area contributed by atoms with Gasteiger partial charge < -0.3 is 9.84 Å². The Morgan fingerprint density at radius 3 is 2.61 bits per heavy atom. The van der Waals surface area contributed by atoms with E-state index in [0.29, 0.717) is 6.10 Å². The average molecular weight is 247 g/mol. The molecular weight excluding hydrogens is 226 g/mol. The molecule has 2 atom stereocenters. The molecule has 1 saturated heterocycles. The van der Waals surface area contributed by atoms with Crippen molar-refractivity contribution >= 4 is 0 Å². The van der Waals surface area contributed by atoms with Crippen LogP contribution in [0.15, 0.2) is 30.3 Å². The van der Waals surface area contributed by atoms with E-state index >= 15 is 0 Å². The van der Waals surface area contributed by atoms with Crippen LogP contribution in [0.1, 0.15) is 18.4 Å². The van der Waals surface area contributed by atoms with Gasteiger partial charge in [0.2, 0.25) is 0 Å². The summed E-state index contributed by atoms with van der Waals surface area (Å²) >= 11 is 0. The van der Waals surface area contributed by atoms with Crippen LogP contribution in [0.5, 0.6) is 0 Å². The molecular formula is C15H21NO2. The smallest absolute Gasteiger partial charge is 0.0936 e. The lowest BCUT2D eigenvalue weighted by atomic mass is 10.1. The zero-order valence-corrected chi connectivity index (χ0v) is 10.7. The zero-order chi connectivity index (χ0) is 12.4. The van der Waals surface area contributed by atoms with Gasteiger partial charge in [0.25, 0.3) is 0 Å². The normalized spacial score (nSPS) is 29.4. The van der Waals surface area contributed by atoms with Crippen molar-refractivity contribution in [2.75, 3.05) is 19.7 Å². The van der Waals surface area contributed by atoms with Gasteiger partial charge in [-0.25, -0.2) is 0 Å². The van der Waals surface area contributed by atoms with Gasteiger partial charge in [-0.2, -0.15) is 0 Å². The first-order valence-corrected chi connectivity index (χ1v) is 6.88. The van der Waals surface area contributed by atoms with Gasteiger partial charge in [0.1, 0.15) is 0 Å². The molecule has 1 aromatic rings. The van der Waals surface area contributed by atoms with Gasteiger partial charge in [0.05, 0.1) is 18.8 Å². The molecule has 2 fully saturated rings. The lowest BCUT2D eigenvalue weighted by Crippen LogP contribution is -2.49. The molecule has 0 bridgehead atoms. The lowest BCUT2D eigenvalue weighted by molar-refractivity contribution is -0.112. The molecule has 1 aromatic carbocycles. The third-order valence-corrected chi connectivity index (χ3v) is 3.87. The molecule has 0 unspecified atom stereocenters. The predicted octanol–water partition coefficient (Wildman–Crippen LogP) is 1.66. The summed E-state index contributed by atoms with van der Waals surface area (Å²) in [6.07, 6.45) is 2.91. The quantitative estimate of drug-likeness (QED) is 0.878. The predicted molar refractivity (Wildman–Crippen MR) is 70.2 cm³/mol. The van der Waals surface area contributed by atoms with E-state index in [1.54, 1.807) is 0 Å². The summed E-state index contributed by atoms with van der Waals surface area (Å²) in [5.74, 6) is 0.734. The topological polar surface area (TPSA) is 32.7 Å². The van der Waals surface area contributed by atoms with E-state index in [9.17, 15) is 5.11 Å². The molecule has 18 heavy (non-hydrogen) atoms. The van der Waals surface area contributed by atoms with Crippen molar-refractivity contribution < 1.29 is 9.84 Å². The fraction of sp³-hybridized carbons (Fsp3) is 0.600. The van der Waals surface area contributed by atoms with E-state index in [0.717, 1.165) is 25.6 Å². The number of hydrogen-bond donors (Lipinski definition) is 1. The molecule has 98 valence electrons. The van der Waals surface area contributed by atoms with Gasteiger partial charge in [-0.05, 0) is 24.3 Å². The van der Waals surface area contributed by atoms with Crippen molar-refractivity contribution in [2.45, 2.75) is 31.6 Å². The molecule has 2 aliphatic rings. The van der Waals surface area contributed by atoms with Gasteiger partial charge in [0.15, 0.2) is 0 Å². The van der Waals surface area contributed by atoms with E-state index in [2.05, 4.69) is 29.2 Å². The highest BCUT2D eigenvalue weighted by atomic mass is 16.5. The maximum atomic E-state index is 9.34. The van der Waals surface area contributed by atoms with E-state index in [-0.39, 0.29) is 12.7 Å². The molecule has 1 N–H and O–H groups in total. The molecule has 3 rings (SSSR count). The Balaban J connectivity index is 1.63. The minimum Gasteiger partial charge on any atom is -0.394 e. The Bertz CT molecular complexity index is 377. The van der Waals surface area contributed by atoms with Crippen molar-refractivity contribution in [1.82, 2.24) is 4.90 Å². The van der Waals surface area contributed by atoms with Crippen LogP contribution in [0.4, 0.5) is 0 Å². The second-order valence-electron chi connectivity index (χ2n) is 5.50. The number of benzene rings is 1. The second-order valence-corrected chi connectivity index (χ2v) is 5.50. The highest BCUT2D eigenvalue weighted by Gasteiger charge is 2.38. The molecule has 1 heterocycles. The Morgan fingerprint density at radius 1 is 1.17 bits per heavy atom. The number of aliphatic hydroxyl groups excluding tert-OH is 1. The second kappa shape index (κ2) is 5.39. The largest absolute Gasteiger partial charge is 0.394 e. The fourth-order valence-corrected chi connectivity index (χ4v) is 2.75. The molecule has 0 aromatic heterocycles. The fourth-order valence-electron chi connectivity index (χ4n) is 2.75. The van der Waals surface area contributed by atoms with Gasteiger partial charge in [-0.3, -0.25) is 4.90 Å². The average Bonchev–Trinajstić information content (AvgIpc) is 3.24. The molecule has 0 spiro atoms. The van der Waals surface area contributed by atoms with Crippen LogP contribution in [-0.2, 0) is 11.3 Å². The molecule has 1 aliphatic heterocycles. The number of morpholine rings is 1. The van der Waals surface area contributed by atoms with Gasteiger partial charge in [-0.15, -0.1) is 0 Å². The van der Waals surface area contributed by atoms with Crippen LogP contribution < -0.4 is 0 Å². The standard InChI is InChI=1S/C15H21NO2/c17-11-14-9-16(8-12-4-2-1-3-5-12)10-15(18-14)13-6-7-13/h1-5,13-15,17H,6-11H2/t14-,15-/m1/s1. The first-order chi connectivity index (χ1) is 8.85. The third kappa shape index (κ3) is 2.91. The summed E-state index contributed by atoms with van der Waals surface area (Å²) in [6, 6.07) is 10.5. The summed E-state index contributed by atoms with van der Waals surface area (Å²) in [5, 5.41) is 9.34. The van der Waals surface area contributed by atoms with Crippen LogP contribution >= 0.6 is 0 Å². The molecule has 1 saturated carbocycles. The first kappa shape index (κ1) is 12.2. The van der Waals surface area contributed by atoms with Crippen molar-refractivity contribution in [3.8, 4) is 0 Å². The Kier molecular flexibility index (Phi) is 3.64. The van der Waals surface area contributed by atoms with Crippen molar-refractivity contribution in [3.63, 3.8) is 0 Å². The number of nitrogens with zero attached hydrogens (tertiary/aromatic N) is 1. The molecule has 0 radical (unpaired) electrons. The third-order valence-electron chi connectivity index (χ3n) is 3.87. The molecule has 3 nitrogen and oxygen atoms in total. The maximum Gasteiger partial charge on any atom is 0.0936 e. The molecule has 1 aliphatic carbocycles. The van der Waals surface area contributed by atoms with Gasteiger partial charge in [0, 0.05) is 19.6 Å². The van der Waals surface area contributed by atoms with Crippen LogP contribution in [-0.4, -0.2) is 41.9 Å². The molecule has 0 amide bonds. The highest BCUT2D eigenvalue weighted by Crippen LogP contribution is 2.36. The van der Waals surface area contributed by atoms with Crippen LogP contribution in [0.2, 0.25) is 0 Å². The van der Waals surface area contributed by atoms with Gasteiger partial charge in [-0.1, -0.05) is 30.3 Å². The monoisotopic (exact) mass is 247 g/mol. The number of rotatable bonds is 4. The van der Waals surface area contributed by atoms with E-state index in [1.165, 1.54) is 18.4 Å². The molecule has 3 heteroatoms. The lowest BCUT2D eigenvalue weighted by Gasteiger charge is -2.37. The summed E-state index contributed by atoms with van der Waals surface area (Å²) in [7, 11) is 0. The Hall–Kier alpha value is -0.900. The minimum atomic E-state index is -0.00642. The number of hydrogen-bond acceptors (Lipinski definition) is 3. The SMILES string of the molecule is OC[C@H]1CN(Cc2ccccc2)C[C@H](C2CC2)O1. The Morgan fingerprint density at radius 2 is 1.94 bits per heavy atom. The summed E-state index contributed by atoms with van der Waals surface area (Å²) < 4.78 is 5.94. The van der Waals surface area contributed by atoms with E-state index in [4.69, 9.17) is 4.74 Å². The van der Waals surface area contributed by atoms with Crippen LogP contribution in [0.3, 0.4) is 0 Å². The van der Waals surface area contributed by atoms with Crippen molar-refractivity contribution in [3.05, 3.63) is 35.9 Å². The highest BCUT2D eigenvalue weighted by molar-refractivity contribution is 5.14. The van der Waals surface area contributed by atoms with Gasteiger partial charge >= 0.3 is 0 Å². The number of ether oxygens (including phenoxy) is 1. The summed E-state index contributed by atoms with van der Waals surface area (Å²) in [6.45, 7) is 2.95. The van der Waals surface area contributed by atoms with Crippen LogP contribution in [0.25, 0.3) is 0 Å². The number of aliphatic hydroxyl groups is 1. The summed E-state index contributed by atoms with van der Waals surface area (Å²) in [4.78, 5) is 2.42. The summed E-state index contributed by atoms with van der Waals surface area (Å²) in [5.41, 5.74) is 1.34.